The minimum atomic E-state index is -0.879. The van der Waals surface area contributed by atoms with Gasteiger partial charge in [0.1, 0.15) is 5.82 Å². The Balaban J connectivity index is 2.43. The van der Waals surface area contributed by atoms with Crippen molar-refractivity contribution in [2.75, 3.05) is 18.0 Å². The Morgan fingerprint density at radius 2 is 1.94 bits per heavy atom. The van der Waals surface area contributed by atoms with Crippen LogP contribution >= 0.6 is 0 Å². The van der Waals surface area contributed by atoms with E-state index in [2.05, 4.69) is 5.32 Å². The van der Waals surface area contributed by atoms with Crippen LogP contribution in [0.5, 0.6) is 0 Å². The van der Waals surface area contributed by atoms with Gasteiger partial charge in [-0.05, 0) is 13.0 Å². The molecule has 1 aliphatic rings. The molecule has 0 saturated carbocycles. The molecule has 2 amide bonds. The average molecular weight is 252 g/mol. The summed E-state index contributed by atoms with van der Waals surface area (Å²) < 4.78 is 13.9. The highest BCUT2D eigenvalue weighted by Gasteiger charge is 2.27. The number of hydrogen-bond donors (Lipinski definition) is 2. The third-order valence-electron chi connectivity index (χ3n) is 2.73. The van der Waals surface area contributed by atoms with Crippen molar-refractivity contribution in [1.29, 1.82) is 0 Å². The van der Waals surface area contributed by atoms with Gasteiger partial charge in [0.2, 0.25) is 11.8 Å². The van der Waals surface area contributed by atoms with Crippen LogP contribution in [0.25, 0.3) is 0 Å². The topological polar surface area (TPSA) is 69.6 Å². The Hall–Kier alpha value is -1.95. The monoisotopic (exact) mass is 252 g/mol. The number of rotatable bonds is 2. The van der Waals surface area contributed by atoms with Gasteiger partial charge in [0.05, 0.1) is 24.9 Å². The van der Waals surface area contributed by atoms with Gasteiger partial charge >= 0.3 is 0 Å². The van der Waals surface area contributed by atoms with E-state index >= 15 is 0 Å². The molecule has 1 aliphatic heterocycles. The standard InChI is InChI=1S/C12H13FN2O3/c1-7(16)8-3-2-4-9(13)12(8)15-5-10(17)14-11(18)6-15/h2-4,7,16H,5-6H2,1H3,(H,14,17,18)/t7-/m1/s1. The zero-order valence-electron chi connectivity index (χ0n) is 9.81. The third kappa shape index (κ3) is 2.33. The molecular formula is C12H13FN2O3. The molecule has 2 rings (SSSR count). The first kappa shape index (κ1) is 12.5. The number of nitrogens with one attached hydrogen (secondary N) is 1. The number of halogens is 1. The lowest BCUT2D eigenvalue weighted by Crippen LogP contribution is -2.52. The molecule has 1 saturated heterocycles. The van der Waals surface area contributed by atoms with Gasteiger partial charge in [0.25, 0.3) is 0 Å². The van der Waals surface area contributed by atoms with E-state index in [4.69, 9.17) is 0 Å². The van der Waals surface area contributed by atoms with Gasteiger partial charge in [0.15, 0.2) is 0 Å². The molecule has 1 aromatic carbocycles. The Morgan fingerprint density at radius 1 is 1.33 bits per heavy atom. The van der Waals surface area contributed by atoms with Crippen molar-refractivity contribution in [1.82, 2.24) is 5.32 Å². The third-order valence-corrected chi connectivity index (χ3v) is 2.73. The fraction of sp³-hybridized carbons (Fsp3) is 0.333. The van der Waals surface area contributed by atoms with E-state index in [-0.39, 0.29) is 18.8 Å². The fourth-order valence-corrected chi connectivity index (χ4v) is 2.00. The van der Waals surface area contributed by atoms with Gasteiger partial charge in [-0.15, -0.1) is 0 Å². The summed E-state index contributed by atoms with van der Waals surface area (Å²) in [5.74, 6) is -1.52. The molecular weight excluding hydrogens is 239 g/mol. The first-order valence-electron chi connectivity index (χ1n) is 5.53. The fourth-order valence-electron chi connectivity index (χ4n) is 2.00. The number of imide groups is 1. The van der Waals surface area contributed by atoms with E-state index < -0.39 is 23.7 Å². The maximum atomic E-state index is 13.9. The molecule has 0 spiro atoms. The van der Waals surface area contributed by atoms with Crippen LogP contribution in [0.4, 0.5) is 10.1 Å². The van der Waals surface area contributed by atoms with Crippen LogP contribution in [0, 0.1) is 5.82 Å². The number of piperazine rings is 1. The Labute approximate surface area is 103 Å². The highest BCUT2D eigenvalue weighted by atomic mass is 19.1. The number of carbonyl (C=O) groups is 2. The second kappa shape index (κ2) is 4.73. The second-order valence-electron chi connectivity index (χ2n) is 4.18. The maximum absolute atomic E-state index is 13.9. The quantitative estimate of drug-likeness (QED) is 0.745. The van der Waals surface area contributed by atoms with Crippen molar-refractivity contribution < 1.29 is 19.1 Å². The van der Waals surface area contributed by atoms with E-state index in [0.717, 1.165) is 0 Å². The molecule has 1 fully saturated rings. The predicted molar refractivity (Wildman–Crippen MR) is 62.4 cm³/mol. The van der Waals surface area contributed by atoms with Crippen LogP contribution in [0.1, 0.15) is 18.6 Å². The number of anilines is 1. The minimum Gasteiger partial charge on any atom is -0.389 e. The molecule has 5 nitrogen and oxygen atoms in total. The largest absolute Gasteiger partial charge is 0.389 e. The molecule has 0 radical (unpaired) electrons. The van der Waals surface area contributed by atoms with Gasteiger partial charge in [-0.3, -0.25) is 14.9 Å². The van der Waals surface area contributed by atoms with Crippen molar-refractivity contribution in [2.45, 2.75) is 13.0 Å². The van der Waals surface area contributed by atoms with Crippen molar-refractivity contribution in [3.05, 3.63) is 29.6 Å². The highest BCUT2D eigenvalue weighted by molar-refractivity contribution is 6.02. The number of aliphatic hydroxyl groups excluding tert-OH is 1. The van der Waals surface area contributed by atoms with Gasteiger partial charge in [-0.2, -0.15) is 0 Å². The molecule has 0 aliphatic carbocycles. The molecule has 1 atom stereocenters. The molecule has 0 aromatic heterocycles. The summed E-state index contributed by atoms with van der Waals surface area (Å²) in [6.45, 7) is 1.29. The number of nitrogens with zero attached hydrogens (tertiary/aromatic N) is 1. The van der Waals surface area contributed by atoms with Crippen LogP contribution in [-0.4, -0.2) is 30.0 Å². The smallest absolute Gasteiger partial charge is 0.246 e. The first-order valence-corrected chi connectivity index (χ1v) is 5.53. The van der Waals surface area contributed by atoms with Crippen molar-refractivity contribution >= 4 is 17.5 Å². The summed E-state index contributed by atoms with van der Waals surface area (Å²) in [6, 6.07) is 4.28. The lowest BCUT2D eigenvalue weighted by Gasteiger charge is -2.30. The van der Waals surface area contributed by atoms with E-state index in [9.17, 15) is 19.1 Å². The van der Waals surface area contributed by atoms with Crippen LogP contribution in [0.15, 0.2) is 18.2 Å². The zero-order valence-corrected chi connectivity index (χ0v) is 9.81. The summed E-state index contributed by atoms with van der Waals surface area (Å²) in [4.78, 5) is 23.9. The Bertz CT molecular complexity index is 486. The lowest BCUT2D eigenvalue weighted by atomic mass is 10.1. The summed E-state index contributed by atoms with van der Waals surface area (Å²) in [5, 5.41) is 11.8. The Morgan fingerprint density at radius 3 is 2.50 bits per heavy atom. The molecule has 1 heterocycles. The predicted octanol–water partition coefficient (Wildman–Crippen LogP) is 0.342. The normalized spacial score (nSPS) is 17.6. The van der Waals surface area contributed by atoms with Crippen LogP contribution in [0.2, 0.25) is 0 Å². The van der Waals surface area contributed by atoms with E-state index in [1.165, 1.54) is 24.0 Å². The molecule has 1 aromatic rings. The van der Waals surface area contributed by atoms with Gasteiger partial charge in [-0.1, -0.05) is 12.1 Å². The number of benzene rings is 1. The Kier molecular flexibility index (Phi) is 3.29. The number of amides is 2. The molecule has 2 N–H and O–H groups in total. The van der Waals surface area contributed by atoms with Crippen LogP contribution < -0.4 is 10.2 Å². The van der Waals surface area contributed by atoms with Crippen LogP contribution in [-0.2, 0) is 9.59 Å². The molecule has 18 heavy (non-hydrogen) atoms. The molecule has 0 unspecified atom stereocenters. The number of carbonyl (C=O) groups excluding carboxylic acids is 2. The number of para-hydroxylation sites is 1. The number of aliphatic hydroxyl groups is 1. The van der Waals surface area contributed by atoms with Crippen LogP contribution in [0.3, 0.4) is 0 Å². The summed E-state index contributed by atoms with van der Waals surface area (Å²) in [5.41, 5.74) is 0.466. The summed E-state index contributed by atoms with van der Waals surface area (Å²) in [6.07, 6.45) is -0.879. The van der Waals surface area contributed by atoms with Crippen molar-refractivity contribution in [3.63, 3.8) is 0 Å². The lowest BCUT2D eigenvalue weighted by molar-refractivity contribution is -0.130. The van der Waals surface area contributed by atoms with Gasteiger partial charge in [0, 0.05) is 5.56 Å². The summed E-state index contributed by atoms with van der Waals surface area (Å²) >= 11 is 0. The molecule has 0 bridgehead atoms. The van der Waals surface area contributed by atoms with E-state index in [0.29, 0.717) is 5.56 Å². The second-order valence-corrected chi connectivity index (χ2v) is 4.18. The number of hydrogen-bond acceptors (Lipinski definition) is 4. The zero-order chi connectivity index (χ0) is 13.3. The molecule has 6 heteroatoms. The van der Waals surface area contributed by atoms with Gasteiger partial charge in [-0.25, -0.2) is 4.39 Å². The molecule has 96 valence electrons. The van der Waals surface area contributed by atoms with Crippen molar-refractivity contribution in [2.24, 2.45) is 0 Å². The van der Waals surface area contributed by atoms with Crippen molar-refractivity contribution in [3.8, 4) is 0 Å². The average Bonchev–Trinajstić information content (AvgIpc) is 2.26. The first-order chi connectivity index (χ1) is 8.49. The van der Waals surface area contributed by atoms with E-state index in [1.807, 2.05) is 0 Å². The van der Waals surface area contributed by atoms with Gasteiger partial charge < -0.3 is 10.0 Å². The SMILES string of the molecule is C[C@@H](O)c1cccc(F)c1N1CC(=O)NC(=O)C1. The minimum absolute atomic E-state index is 0.105. The summed E-state index contributed by atoms with van der Waals surface area (Å²) in [7, 11) is 0. The van der Waals surface area contributed by atoms with E-state index in [1.54, 1.807) is 6.07 Å². The maximum Gasteiger partial charge on any atom is 0.246 e. The highest BCUT2D eigenvalue weighted by Crippen LogP contribution is 2.29.